The largest absolute Gasteiger partial charge is 0.453 e. The Kier molecular flexibility index (Phi) is 12.7. The molecule has 9 rings (SSSR count). The lowest BCUT2D eigenvalue weighted by Gasteiger charge is -2.34. The number of fused-ring (bicyclic) bond motifs is 4. The molecule has 4 N–H and O–H groups in total. The van der Waals surface area contributed by atoms with Crippen molar-refractivity contribution in [1.29, 1.82) is 0 Å². The minimum absolute atomic E-state index is 0.0775. The summed E-state index contributed by atoms with van der Waals surface area (Å²) in [6.07, 6.45) is 1.28. The Morgan fingerprint density at radius 1 is 0.851 bits per heavy atom. The number of hydrogen-bond donors (Lipinski definition) is 4. The quantitative estimate of drug-likeness (QED) is 0.0889. The van der Waals surface area contributed by atoms with Gasteiger partial charge in [-0.25, -0.2) is 19.0 Å². The lowest BCUT2D eigenvalue weighted by atomic mass is 9.97. The number of halogens is 1. The first-order chi connectivity index (χ1) is 32.3. The topological polar surface area (TPSA) is 169 Å². The van der Waals surface area contributed by atoms with Crippen molar-refractivity contribution in [1.82, 2.24) is 25.1 Å². The maximum Gasteiger partial charge on any atom is 0.410 e. The zero-order chi connectivity index (χ0) is 46.8. The highest BCUT2D eigenvalue weighted by Gasteiger charge is 2.43. The van der Waals surface area contributed by atoms with E-state index >= 15 is 0 Å². The van der Waals surface area contributed by atoms with E-state index in [1.54, 1.807) is 17.0 Å². The fourth-order valence-electron chi connectivity index (χ4n) is 9.72. The van der Waals surface area contributed by atoms with E-state index in [0.29, 0.717) is 57.0 Å². The first-order valence-corrected chi connectivity index (χ1v) is 22.7. The van der Waals surface area contributed by atoms with E-state index < -0.39 is 41.8 Å². The zero-order valence-corrected chi connectivity index (χ0v) is 37.7. The molecule has 1 aliphatic carbocycles. The molecule has 0 radical (unpaired) electrons. The van der Waals surface area contributed by atoms with E-state index in [1.807, 2.05) is 66.7 Å². The third kappa shape index (κ3) is 9.55. The maximum absolute atomic E-state index is 14.1. The van der Waals surface area contributed by atoms with Crippen LogP contribution >= 0.6 is 0 Å². The van der Waals surface area contributed by atoms with E-state index in [1.165, 1.54) is 38.0 Å². The summed E-state index contributed by atoms with van der Waals surface area (Å²) < 4.78 is 24.8. The normalized spacial score (nSPS) is 17.2. The second kappa shape index (κ2) is 18.9. The molecule has 3 aliphatic rings. The van der Waals surface area contributed by atoms with Gasteiger partial charge in [0, 0.05) is 43.5 Å². The molecule has 5 aromatic carbocycles. The number of anilines is 2. The number of nitrogens with one attached hydrogen (secondary N) is 3. The maximum atomic E-state index is 14.1. The molecule has 1 aromatic heterocycles. The van der Waals surface area contributed by atoms with Gasteiger partial charge < -0.3 is 40.0 Å². The number of carbonyl (C=O) groups is 4. The second-order valence-corrected chi connectivity index (χ2v) is 18.1. The summed E-state index contributed by atoms with van der Waals surface area (Å²) in [6.45, 7) is 4.90. The van der Waals surface area contributed by atoms with Crippen molar-refractivity contribution in [2.45, 2.75) is 82.3 Å². The minimum atomic E-state index is -1.55. The van der Waals surface area contributed by atoms with Gasteiger partial charge in [-0.15, -0.1) is 0 Å². The molecular weight excluding hydrogens is 854 g/mol. The summed E-state index contributed by atoms with van der Waals surface area (Å²) in [6, 6.07) is 33.9. The number of amides is 4. The number of imidazole rings is 1. The highest BCUT2D eigenvalue weighted by molar-refractivity contribution is 5.97. The Labute approximate surface area is 388 Å². The average molecular weight is 908 g/mol. The Bertz CT molecular complexity index is 2740. The van der Waals surface area contributed by atoms with Gasteiger partial charge in [0.15, 0.2) is 0 Å². The van der Waals surface area contributed by atoms with Crippen molar-refractivity contribution < 1.29 is 38.1 Å². The Morgan fingerprint density at radius 2 is 1.49 bits per heavy atom. The molecule has 3 unspecified atom stereocenters. The van der Waals surface area contributed by atoms with Crippen molar-refractivity contribution in [3.05, 3.63) is 149 Å². The van der Waals surface area contributed by atoms with Gasteiger partial charge in [-0.1, -0.05) is 66.7 Å². The van der Waals surface area contributed by atoms with Gasteiger partial charge in [0.25, 0.3) is 0 Å². The van der Waals surface area contributed by atoms with Gasteiger partial charge in [-0.2, -0.15) is 0 Å². The predicted octanol–water partition coefficient (Wildman–Crippen LogP) is 8.42. The number of methoxy groups -OCH3 is 1. The Morgan fingerprint density at radius 3 is 2.18 bits per heavy atom. The smallest absolute Gasteiger partial charge is 0.410 e. The molecule has 4 amide bonds. The highest BCUT2D eigenvalue weighted by Crippen LogP contribution is 2.44. The van der Waals surface area contributed by atoms with Crippen LogP contribution < -0.4 is 15.5 Å². The van der Waals surface area contributed by atoms with Crippen LogP contribution in [0.1, 0.15) is 79.6 Å². The number of aromatic nitrogens is 2. The summed E-state index contributed by atoms with van der Waals surface area (Å²) >= 11 is 0. The standard InChI is InChI=1S/C52H54FN7O7/c1-52(2,65)46(57-50(63)66-3)49(62)59-26-8-14-44(59)47-55-42-25-18-33(28-43(42)56-47)30-58(36-23-19-34(53)20-24-36)29-32-16-21-35(22-17-32)54-48(61)45-15-9-27-60(45)51(64)67-31-41-39-12-6-4-10-37(39)38-11-5-7-13-40(38)41/h4-7,10-13,16-25,28,41,44-46,65H,8-9,14-15,26-27,29-31H2,1-3H3,(H,54,61)(H,55,56)(H,57,63). The van der Waals surface area contributed by atoms with Crippen LogP contribution in [0.15, 0.2) is 115 Å². The monoisotopic (exact) mass is 907 g/mol. The molecule has 67 heavy (non-hydrogen) atoms. The van der Waals surface area contributed by atoms with Crippen molar-refractivity contribution in [3.8, 4) is 11.1 Å². The van der Waals surface area contributed by atoms with E-state index in [2.05, 4.69) is 44.8 Å². The number of rotatable bonds is 13. The highest BCUT2D eigenvalue weighted by atomic mass is 19.1. The van der Waals surface area contributed by atoms with Crippen LogP contribution in [-0.2, 0) is 32.2 Å². The third-order valence-electron chi connectivity index (χ3n) is 13.1. The van der Waals surface area contributed by atoms with E-state index in [9.17, 15) is 28.7 Å². The number of benzene rings is 5. The molecule has 2 aliphatic heterocycles. The van der Waals surface area contributed by atoms with Crippen LogP contribution in [0.2, 0.25) is 0 Å². The van der Waals surface area contributed by atoms with Gasteiger partial charge in [-0.05, 0) is 121 Å². The van der Waals surface area contributed by atoms with Gasteiger partial charge in [-0.3, -0.25) is 14.5 Å². The van der Waals surface area contributed by atoms with Crippen molar-refractivity contribution in [2.24, 2.45) is 0 Å². The number of likely N-dealkylation sites (tertiary alicyclic amines) is 2. The molecule has 3 atom stereocenters. The van der Waals surface area contributed by atoms with Crippen molar-refractivity contribution in [2.75, 3.05) is 37.0 Å². The SMILES string of the molecule is COC(=O)NC(C(=O)N1CCCC1c1nc2ccc(CN(Cc3ccc(NC(=O)C4CCCN4C(=O)OCC4c5ccccc5-c5ccccc54)cc3)c3ccc(F)cc3)cc2[nH]1)C(C)(C)O. The summed E-state index contributed by atoms with van der Waals surface area (Å²) in [5.41, 5.74) is 7.80. The number of alkyl carbamates (subject to hydrolysis) is 1. The number of hydrogen-bond acceptors (Lipinski definition) is 9. The summed E-state index contributed by atoms with van der Waals surface area (Å²) in [5, 5.41) is 16.3. The van der Waals surface area contributed by atoms with E-state index in [4.69, 9.17) is 14.5 Å². The van der Waals surface area contributed by atoms with Crippen LogP contribution in [0.4, 0.5) is 25.4 Å². The number of carbonyl (C=O) groups excluding carboxylic acids is 4. The zero-order valence-electron chi connectivity index (χ0n) is 37.7. The summed E-state index contributed by atoms with van der Waals surface area (Å²) in [5.74, 6) is -0.523. The molecule has 0 bridgehead atoms. The lowest BCUT2D eigenvalue weighted by Crippen LogP contribution is -2.58. The molecule has 2 fully saturated rings. The van der Waals surface area contributed by atoms with Crippen LogP contribution in [0.3, 0.4) is 0 Å². The van der Waals surface area contributed by atoms with E-state index in [0.717, 1.165) is 56.5 Å². The molecule has 3 heterocycles. The first-order valence-electron chi connectivity index (χ1n) is 22.7. The number of H-pyrrole nitrogens is 1. The van der Waals surface area contributed by atoms with E-state index in [-0.39, 0.29) is 24.2 Å². The molecule has 0 spiro atoms. The molecule has 15 heteroatoms. The van der Waals surface area contributed by atoms with Crippen molar-refractivity contribution in [3.63, 3.8) is 0 Å². The number of ether oxygens (including phenoxy) is 2. The van der Waals surface area contributed by atoms with Crippen LogP contribution in [0.25, 0.3) is 22.2 Å². The van der Waals surface area contributed by atoms with Gasteiger partial charge in [0.05, 0.1) is 29.8 Å². The predicted molar refractivity (Wildman–Crippen MR) is 252 cm³/mol. The van der Waals surface area contributed by atoms with Crippen LogP contribution in [0.5, 0.6) is 0 Å². The Hall–Kier alpha value is -7.26. The summed E-state index contributed by atoms with van der Waals surface area (Å²) in [4.78, 5) is 66.6. The Balaban J connectivity index is 0.850. The number of nitrogens with zero attached hydrogens (tertiary/aromatic N) is 4. The van der Waals surface area contributed by atoms with Crippen LogP contribution in [-0.4, -0.2) is 93.4 Å². The third-order valence-corrected chi connectivity index (χ3v) is 13.1. The van der Waals surface area contributed by atoms with Gasteiger partial charge >= 0.3 is 12.2 Å². The molecule has 14 nitrogen and oxygen atoms in total. The fourth-order valence-corrected chi connectivity index (χ4v) is 9.72. The van der Waals surface area contributed by atoms with Gasteiger partial charge in [0.2, 0.25) is 11.8 Å². The average Bonchev–Trinajstić information content (AvgIpc) is 4.15. The van der Waals surface area contributed by atoms with Crippen LogP contribution in [0, 0.1) is 5.82 Å². The lowest BCUT2D eigenvalue weighted by molar-refractivity contribution is -0.140. The number of aromatic amines is 1. The van der Waals surface area contributed by atoms with Crippen molar-refractivity contribution >= 4 is 46.4 Å². The fraction of sp³-hybridized carbons (Fsp3) is 0.327. The molecule has 2 saturated heterocycles. The number of aliphatic hydroxyl groups is 1. The molecule has 0 saturated carbocycles. The second-order valence-electron chi connectivity index (χ2n) is 18.1. The minimum Gasteiger partial charge on any atom is -0.453 e. The summed E-state index contributed by atoms with van der Waals surface area (Å²) in [7, 11) is 1.20. The first kappa shape index (κ1) is 44.9. The molecular formula is C52H54FN7O7. The molecule has 346 valence electrons. The van der Waals surface area contributed by atoms with Gasteiger partial charge in [0.1, 0.15) is 30.3 Å². The molecule has 6 aromatic rings.